The summed E-state index contributed by atoms with van der Waals surface area (Å²) in [6.07, 6.45) is -10.0. The van der Waals surface area contributed by atoms with Gasteiger partial charge in [-0.25, -0.2) is 0 Å². The second-order valence-electron chi connectivity index (χ2n) is 5.48. The number of hydrogen-bond acceptors (Lipinski definition) is 6. The molecule has 0 spiro atoms. The molecule has 0 radical (unpaired) electrons. The number of thiophene rings is 1. The normalized spacial score (nSPS) is 12.2. The Morgan fingerprint density at radius 3 is 2.28 bits per heavy atom. The third-order valence-electron chi connectivity index (χ3n) is 3.34. The molecule has 13 heteroatoms. The SMILES string of the molecule is O=C(CSc1nnc(-c2cccs2)o1)Nc1cc(C(F)(F)F)cc(C(F)(F)F)c1. The Hall–Kier alpha value is -2.54. The van der Waals surface area contributed by atoms with E-state index in [1.807, 2.05) is 5.32 Å². The summed E-state index contributed by atoms with van der Waals surface area (Å²) in [7, 11) is 0. The predicted molar refractivity (Wildman–Crippen MR) is 93.4 cm³/mol. The molecule has 5 nitrogen and oxygen atoms in total. The van der Waals surface area contributed by atoms with E-state index in [0.717, 1.165) is 11.8 Å². The quantitative estimate of drug-likeness (QED) is 0.404. The Kier molecular flexibility index (Phi) is 5.89. The summed E-state index contributed by atoms with van der Waals surface area (Å²) in [6, 6.07) is 4.35. The standard InChI is InChI=1S/C16H9F6N3O2S2/c17-15(18,19)8-4-9(16(20,21)22)6-10(5-8)23-12(26)7-29-14-25-24-13(27-14)11-2-1-3-28-11/h1-6H,7H2,(H,23,26). The van der Waals surface area contributed by atoms with Gasteiger partial charge in [-0.05, 0) is 29.6 Å². The van der Waals surface area contributed by atoms with E-state index in [-0.39, 0.29) is 22.9 Å². The van der Waals surface area contributed by atoms with Crippen molar-refractivity contribution >= 4 is 34.7 Å². The number of carbonyl (C=O) groups excluding carboxylic acids is 1. The molecule has 0 saturated carbocycles. The molecule has 0 fully saturated rings. The Balaban J connectivity index is 1.68. The number of nitrogens with one attached hydrogen (secondary N) is 1. The van der Waals surface area contributed by atoms with Crippen LogP contribution in [0.15, 0.2) is 45.4 Å². The van der Waals surface area contributed by atoms with E-state index in [9.17, 15) is 31.1 Å². The summed E-state index contributed by atoms with van der Waals surface area (Å²) < 4.78 is 82.4. The van der Waals surface area contributed by atoms with Crippen LogP contribution in [0.1, 0.15) is 11.1 Å². The number of rotatable bonds is 5. The molecule has 0 aliphatic rings. The van der Waals surface area contributed by atoms with Gasteiger partial charge in [-0.1, -0.05) is 17.8 Å². The Labute approximate surface area is 167 Å². The number of thioether (sulfide) groups is 1. The van der Waals surface area contributed by atoms with Crippen LogP contribution in [0, 0.1) is 0 Å². The molecule has 1 aromatic carbocycles. The van der Waals surface area contributed by atoms with Crippen LogP contribution in [0.25, 0.3) is 10.8 Å². The van der Waals surface area contributed by atoms with Gasteiger partial charge in [-0.15, -0.1) is 21.5 Å². The fourth-order valence-corrected chi connectivity index (χ4v) is 3.33. The van der Waals surface area contributed by atoms with Crippen LogP contribution in [-0.2, 0) is 17.1 Å². The first-order chi connectivity index (χ1) is 13.5. The second kappa shape index (κ2) is 8.06. The predicted octanol–water partition coefficient (Wildman–Crippen LogP) is 5.57. The molecule has 2 aromatic heterocycles. The monoisotopic (exact) mass is 453 g/mol. The first kappa shape index (κ1) is 21.2. The molecule has 0 bridgehead atoms. The lowest BCUT2D eigenvalue weighted by molar-refractivity contribution is -0.143. The third-order valence-corrected chi connectivity index (χ3v) is 5.01. The summed E-state index contributed by atoms with van der Waals surface area (Å²) in [5.74, 6) is -0.960. The molecule has 3 rings (SSSR count). The highest BCUT2D eigenvalue weighted by atomic mass is 32.2. The topological polar surface area (TPSA) is 68.0 Å². The average molecular weight is 453 g/mol. The highest BCUT2D eigenvalue weighted by Crippen LogP contribution is 2.37. The summed E-state index contributed by atoms with van der Waals surface area (Å²) in [4.78, 5) is 12.7. The third kappa shape index (κ3) is 5.50. The van der Waals surface area contributed by atoms with Crippen LogP contribution in [0.5, 0.6) is 0 Å². The number of amides is 1. The number of carbonyl (C=O) groups is 1. The zero-order valence-corrected chi connectivity index (χ0v) is 15.6. The lowest BCUT2D eigenvalue weighted by atomic mass is 10.1. The number of halogens is 6. The van der Waals surface area contributed by atoms with Crippen molar-refractivity contribution in [2.24, 2.45) is 0 Å². The minimum absolute atomic E-state index is 0.0189. The summed E-state index contributed by atoms with van der Waals surface area (Å²) in [5.41, 5.74) is -3.66. The van der Waals surface area contributed by atoms with Gasteiger partial charge in [0, 0.05) is 5.69 Å². The number of benzene rings is 1. The van der Waals surface area contributed by atoms with Crippen LogP contribution in [-0.4, -0.2) is 21.9 Å². The smallest absolute Gasteiger partial charge is 0.410 e. The molecule has 154 valence electrons. The van der Waals surface area contributed by atoms with Crippen molar-refractivity contribution < 1.29 is 35.6 Å². The van der Waals surface area contributed by atoms with Gasteiger partial charge >= 0.3 is 12.4 Å². The van der Waals surface area contributed by atoms with Crippen molar-refractivity contribution in [3.05, 3.63) is 46.8 Å². The number of hydrogen-bond donors (Lipinski definition) is 1. The Bertz CT molecular complexity index is 967. The molecular formula is C16H9F6N3O2S2. The van der Waals surface area contributed by atoms with E-state index in [0.29, 0.717) is 17.0 Å². The van der Waals surface area contributed by atoms with Crippen LogP contribution in [0.3, 0.4) is 0 Å². The molecule has 0 saturated heterocycles. The largest absolute Gasteiger partial charge is 0.416 e. The van der Waals surface area contributed by atoms with Crippen LogP contribution in [0.2, 0.25) is 0 Å². The molecule has 0 aliphatic carbocycles. The fraction of sp³-hybridized carbons (Fsp3) is 0.188. The van der Waals surface area contributed by atoms with Gasteiger partial charge < -0.3 is 9.73 Å². The van der Waals surface area contributed by atoms with E-state index in [1.165, 1.54) is 11.3 Å². The van der Waals surface area contributed by atoms with Gasteiger partial charge in [0.1, 0.15) is 0 Å². The van der Waals surface area contributed by atoms with Crippen LogP contribution < -0.4 is 5.32 Å². The van der Waals surface area contributed by atoms with Crippen molar-refractivity contribution in [1.82, 2.24) is 10.2 Å². The van der Waals surface area contributed by atoms with E-state index < -0.39 is 35.1 Å². The maximum Gasteiger partial charge on any atom is 0.416 e. The molecule has 29 heavy (non-hydrogen) atoms. The summed E-state index contributed by atoms with van der Waals surface area (Å²) >= 11 is 2.15. The van der Waals surface area contributed by atoms with Crippen molar-refractivity contribution in [3.8, 4) is 10.8 Å². The van der Waals surface area contributed by atoms with E-state index in [4.69, 9.17) is 4.42 Å². The molecule has 1 amide bonds. The van der Waals surface area contributed by atoms with Gasteiger partial charge in [0.25, 0.3) is 11.1 Å². The number of aromatic nitrogens is 2. The van der Waals surface area contributed by atoms with Gasteiger partial charge in [0.15, 0.2) is 0 Å². The van der Waals surface area contributed by atoms with Gasteiger partial charge in [0.2, 0.25) is 5.91 Å². The van der Waals surface area contributed by atoms with Crippen molar-refractivity contribution in [2.75, 3.05) is 11.1 Å². The molecular weight excluding hydrogens is 444 g/mol. The van der Waals surface area contributed by atoms with Crippen molar-refractivity contribution in [2.45, 2.75) is 17.6 Å². The first-order valence-electron chi connectivity index (χ1n) is 7.62. The minimum atomic E-state index is -5.00. The summed E-state index contributed by atoms with van der Waals surface area (Å²) in [5, 5.41) is 11.4. The molecule has 0 unspecified atom stereocenters. The molecule has 0 aliphatic heterocycles. The fourth-order valence-electron chi connectivity index (χ4n) is 2.12. The molecule has 0 atom stereocenters. The first-order valence-corrected chi connectivity index (χ1v) is 9.48. The minimum Gasteiger partial charge on any atom is -0.410 e. The van der Waals surface area contributed by atoms with Crippen LogP contribution >= 0.6 is 23.1 Å². The maximum atomic E-state index is 12.9. The highest BCUT2D eigenvalue weighted by Gasteiger charge is 2.37. The summed E-state index contributed by atoms with van der Waals surface area (Å²) in [6.45, 7) is 0. The van der Waals surface area contributed by atoms with E-state index in [1.54, 1.807) is 17.5 Å². The molecule has 2 heterocycles. The van der Waals surface area contributed by atoms with Crippen LogP contribution in [0.4, 0.5) is 32.0 Å². The van der Waals surface area contributed by atoms with Gasteiger partial charge in [-0.3, -0.25) is 4.79 Å². The Morgan fingerprint density at radius 2 is 1.72 bits per heavy atom. The zero-order valence-electron chi connectivity index (χ0n) is 14.0. The van der Waals surface area contributed by atoms with E-state index in [2.05, 4.69) is 10.2 Å². The average Bonchev–Trinajstić information content (AvgIpc) is 3.29. The number of nitrogens with zero attached hydrogens (tertiary/aromatic N) is 2. The van der Waals surface area contributed by atoms with Crippen molar-refractivity contribution in [3.63, 3.8) is 0 Å². The lowest BCUT2D eigenvalue weighted by Crippen LogP contribution is -2.17. The number of anilines is 1. The van der Waals surface area contributed by atoms with E-state index >= 15 is 0 Å². The van der Waals surface area contributed by atoms with Gasteiger partial charge in [0.05, 0.1) is 21.8 Å². The Morgan fingerprint density at radius 1 is 1.07 bits per heavy atom. The lowest BCUT2D eigenvalue weighted by Gasteiger charge is -2.14. The number of alkyl halides is 6. The highest BCUT2D eigenvalue weighted by molar-refractivity contribution is 7.99. The maximum absolute atomic E-state index is 12.9. The van der Waals surface area contributed by atoms with Crippen molar-refractivity contribution in [1.29, 1.82) is 0 Å². The molecule has 1 N–H and O–H groups in total. The second-order valence-corrected chi connectivity index (χ2v) is 7.36. The molecule has 3 aromatic rings. The zero-order chi connectivity index (χ0) is 21.2. The van der Waals surface area contributed by atoms with Gasteiger partial charge in [-0.2, -0.15) is 26.3 Å².